The van der Waals surface area contributed by atoms with E-state index in [4.69, 9.17) is 0 Å². The van der Waals surface area contributed by atoms with Crippen molar-refractivity contribution in [3.63, 3.8) is 0 Å². The van der Waals surface area contributed by atoms with Gasteiger partial charge >= 0.3 is 6.36 Å². The number of ether oxygens (including phenoxy) is 1. The molecule has 0 spiro atoms. The van der Waals surface area contributed by atoms with Gasteiger partial charge in [-0.05, 0) is 30.5 Å². The first kappa shape index (κ1) is 12.5. The van der Waals surface area contributed by atoms with Gasteiger partial charge in [-0.2, -0.15) is 0 Å². The Kier molecular flexibility index (Phi) is 4.34. The molecule has 1 aromatic rings. The second kappa shape index (κ2) is 5.53. The lowest BCUT2D eigenvalue weighted by atomic mass is 10.1. The average Bonchev–Trinajstić information content (AvgIpc) is 2.19. The highest BCUT2D eigenvalue weighted by molar-refractivity contribution is 5.50. The third-order valence-corrected chi connectivity index (χ3v) is 1.90. The van der Waals surface area contributed by atoms with Crippen molar-refractivity contribution in [2.24, 2.45) is 0 Å². The third kappa shape index (κ3) is 4.82. The maximum atomic E-state index is 11.8. The predicted molar refractivity (Wildman–Crippen MR) is 51.8 cm³/mol. The van der Waals surface area contributed by atoms with Crippen molar-refractivity contribution in [2.45, 2.75) is 25.6 Å². The summed E-state index contributed by atoms with van der Waals surface area (Å²) >= 11 is 0. The van der Waals surface area contributed by atoms with Crippen LogP contribution < -0.4 is 4.74 Å². The number of hydrogen-bond donors (Lipinski definition) is 0. The SMILES string of the molecule is O=[C]CCCc1ccc(OC(F)(F)F)cc1. The van der Waals surface area contributed by atoms with E-state index in [-0.39, 0.29) is 5.75 Å². The van der Waals surface area contributed by atoms with Gasteiger partial charge in [0.2, 0.25) is 0 Å². The Morgan fingerprint density at radius 3 is 2.31 bits per heavy atom. The van der Waals surface area contributed by atoms with Gasteiger partial charge < -0.3 is 4.74 Å². The molecule has 0 bridgehead atoms. The molecule has 0 aliphatic heterocycles. The largest absolute Gasteiger partial charge is 0.573 e. The molecule has 0 saturated carbocycles. The van der Waals surface area contributed by atoms with E-state index < -0.39 is 6.36 Å². The molecule has 1 rings (SSSR count). The summed E-state index contributed by atoms with van der Waals surface area (Å²) in [6.45, 7) is 0. The summed E-state index contributed by atoms with van der Waals surface area (Å²) in [5, 5.41) is 0. The van der Waals surface area contributed by atoms with E-state index in [2.05, 4.69) is 4.74 Å². The zero-order valence-corrected chi connectivity index (χ0v) is 8.38. The van der Waals surface area contributed by atoms with Crippen molar-refractivity contribution < 1.29 is 22.7 Å². The van der Waals surface area contributed by atoms with Crippen LogP contribution >= 0.6 is 0 Å². The summed E-state index contributed by atoms with van der Waals surface area (Å²) in [5.41, 5.74) is 0.866. The van der Waals surface area contributed by atoms with E-state index in [9.17, 15) is 18.0 Å². The number of rotatable bonds is 5. The zero-order valence-electron chi connectivity index (χ0n) is 8.38. The van der Waals surface area contributed by atoms with E-state index in [1.165, 1.54) is 12.1 Å². The molecule has 2 nitrogen and oxygen atoms in total. The molecule has 0 atom stereocenters. The Bertz CT molecular complexity index is 330. The fourth-order valence-electron chi connectivity index (χ4n) is 1.22. The summed E-state index contributed by atoms with van der Waals surface area (Å²) in [4.78, 5) is 9.94. The lowest BCUT2D eigenvalue weighted by molar-refractivity contribution is -0.274. The van der Waals surface area contributed by atoms with Crippen LogP contribution in [0.1, 0.15) is 18.4 Å². The van der Waals surface area contributed by atoms with E-state index in [0.717, 1.165) is 5.56 Å². The first-order valence-electron chi connectivity index (χ1n) is 4.71. The summed E-state index contributed by atoms with van der Waals surface area (Å²) in [6, 6.07) is 5.61. The van der Waals surface area contributed by atoms with Crippen molar-refractivity contribution in [3.8, 4) is 5.75 Å². The molecule has 16 heavy (non-hydrogen) atoms. The van der Waals surface area contributed by atoms with Crippen LogP contribution in [-0.2, 0) is 11.2 Å². The molecule has 0 amide bonds. The molecule has 0 aromatic heterocycles. The average molecular weight is 231 g/mol. The Morgan fingerprint density at radius 1 is 1.19 bits per heavy atom. The Hall–Kier alpha value is -1.52. The number of alkyl halides is 3. The normalized spacial score (nSPS) is 11.2. The molecule has 1 radical (unpaired) electrons. The molecule has 87 valence electrons. The van der Waals surface area contributed by atoms with Crippen molar-refractivity contribution in [1.82, 2.24) is 0 Å². The molecule has 0 aliphatic rings. The maximum absolute atomic E-state index is 11.8. The summed E-state index contributed by atoms with van der Waals surface area (Å²) in [7, 11) is 0. The number of hydrogen-bond acceptors (Lipinski definition) is 2. The second-order valence-corrected chi connectivity index (χ2v) is 3.19. The van der Waals surface area contributed by atoms with Crippen LogP contribution in [0.4, 0.5) is 13.2 Å². The first-order chi connectivity index (χ1) is 7.51. The van der Waals surface area contributed by atoms with Crippen LogP contribution in [0.15, 0.2) is 24.3 Å². The molecule has 0 aliphatic carbocycles. The molecule has 0 heterocycles. The molecule has 5 heteroatoms. The minimum Gasteiger partial charge on any atom is -0.406 e. The fraction of sp³-hybridized carbons (Fsp3) is 0.364. The van der Waals surface area contributed by atoms with E-state index in [0.29, 0.717) is 19.3 Å². The maximum Gasteiger partial charge on any atom is 0.573 e. The number of carbonyl (C=O) groups excluding carboxylic acids is 1. The highest BCUT2D eigenvalue weighted by Crippen LogP contribution is 2.22. The first-order valence-corrected chi connectivity index (χ1v) is 4.71. The van der Waals surface area contributed by atoms with Crippen molar-refractivity contribution in [2.75, 3.05) is 0 Å². The number of benzene rings is 1. The zero-order chi connectivity index (χ0) is 12.0. The molecule has 0 saturated heterocycles. The van der Waals surface area contributed by atoms with Crippen LogP contribution in [-0.4, -0.2) is 12.6 Å². The quantitative estimate of drug-likeness (QED) is 0.728. The lowest BCUT2D eigenvalue weighted by Crippen LogP contribution is -2.17. The van der Waals surface area contributed by atoms with Gasteiger partial charge in [0.25, 0.3) is 0 Å². The van der Waals surface area contributed by atoms with Gasteiger partial charge in [-0.3, -0.25) is 4.79 Å². The van der Waals surface area contributed by atoms with Gasteiger partial charge in [0.1, 0.15) is 5.75 Å². The molecule has 0 N–H and O–H groups in total. The van der Waals surface area contributed by atoms with Gasteiger partial charge in [-0.1, -0.05) is 12.1 Å². The monoisotopic (exact) mass is 231 g/mol. The minimum atomic E-state index is -4.66. The van der Waals surface area contributed by atoms with Gasteiger partial charge in [-0.15, -0.1) is 13.2 Å². The fourth-order valence-corrected chi connectivity index (χ4v) is 1.22. The number of unbranched alkanes of at least 4 members (excludes halogenated alkanes) is 1. The van der Waals surface area contributed by atoms with Gasteiger partial charge in [0, 0.05) is 6.42 Å². The summed E-state index contributed by atoms with van der Waals surface area (Å²) in [5.74, 6) is -0.238. The van der Waals surface area contributed by atoms with Crippen LogP contribution in [0.2, 0.25) is 0 Å². The molecule has 0 unspecified atom stereocenters. The highest BCUT2D eigenvalue weighted by Gasteiger charge is 2.30. The van der Waals surface area contributed by atoms with E-state index >= 15 is 0 Å². The molecule has 1 aromatic carbocycles. The number of aryl methyl sites for hydroxylation is 1. The predicted octanol–water partition coefficient (Wildman–Crippen LogP) is 3.02. The number of halogens is 3. The Labute approximate surface area is 91.0 Å². The van der Waals surface area contributed by atoms with Crippen LogP contribution in [0.5, 0.6) is 5.75 Å². The smallest absolute Gasteiger partial charge is 0.406 e. The second-order valence-electron chi connectivity index (χ2n) is 3.19. The summed E-state index contributed by atoms with van der Waals surface area (Å²) < 4.78 is 39.2. The molecular formula is C11H10F3O2. The molecule has 0 fully saturated rings. The standard InChI is InChI=1S/C11H10F3O2/c12-11(13,14)16-10-6-4-9(5-7-10)3-1-2-8-15/h4-7H,1-3H2. The Balaban J connectivity index is 2.51. The van der Waals surface area contributed by atoms with Gasteiger partial charge in [-0.25, -0.2) is 0 Å². The van der Waals surface area contributed by atoms with Gasteiger partial charge in [0.05, 0.1) is 0 Å². The molecular weight excluding hydrogens is 221 g/mol. The topological polar surface area (TPSA) is 26.3 Å². The van der Waals surface area contributed by atoms with E-state index in [1.807, 2.05) is 0 Å². The minimum absolute atomic E-state index is 0.238. The highest BCUT2D eigenvalue weighted by atomic mass is 19.4. The van der Waals surface area contributed by atoms with E-state index in [1.54, 1.807) is 18.4 Å². The Morgan fingerprint density at radius 2 is 1.81 bits per heavy atom. The lowest BCUT2D eigenvalue weighted by Gasteiger charge is -2.08. The third-order valence-electron chi connectivity index (χ3n) is 1.90. The van der Waals surface area contributed by atoms with Gasteiger partial charge in [0.15, 0.2) is 6.29 Å². The van der Waals surface area contributed by atoms with Crippen LogP contribution in [0, 0.1) is 0 Å². The van der Waals surface area contributed by atoms with Crippen LogP contribution in [0.3, 0.4) is 0 Å². The van der Waals surface area contributed by atoms with Crippen molar-refractivity contribution in [1.29, 1.82) is 0 Å². The van der Waals surface area contributed by atoms with Crippen molar-refractivity contribution >= 4 is 6.29 Å². The summed E-state index contributed by atoms with van der Waals surface area (Å²) in [6.07, 6.45) is -1.29. The van der Waals surface area contributed by atoms with Crippen LogP contribution in [0.25, 0.3) is 0 Å². The van der Waals surface area contributed by atoms with Crippen molar-refractivity contribution in [3.05, 3.63) is 29.8 Å².